The Bertz CT molecular complexity index is 530. The van der Waals surface area contributed by atoms with Crippen molar-refractivity contribution in [2.45, 2.75) is 26.4 Å². The molecule has 0 aromatic carbocycles. The fraction of sp³-hybridized carbons (Fsp3) is 0.455. The molecule has 5 nitrogen and oxygen atoms in total. The predicted octanol–water partition coefficient (Wildman–Crippen LogP) is 0.744. The third kappa shape index (κ3) is 2.83. The van der Waals surface area contributed by atoms with E-state index in [2.05, 4.69) is 10.3 Å². The highest BCUT2D eigenvalue weighted by atomic mass is 32.1. The number of hydrogen-bond donors (Lipinski definition) is 2. The van der Waals surface area contributed by atoms with Gasteiger partial charge in [0.05, 0.1) is 18.2 Å². The summed E-state index contributed by atoms with van der Waals surface area (Å²) in [5, 5.41) is 13.7. The zero-order valence-electron chi connectivity index (χ0n) is 9.80. The summed E-state index contributed by atoms with van der Waals surface area (Å²) in [6, 6.07) is 0. The Kier molecular flexibility index (Phi) is 3.44. The van der Waals surface area contributed by atoms with E-state index >= 15 is 0 Å². The molecule has 0 saturated carbocycles. The number of carbonyl (C=O) groups excluding carboxylic acids is 1. The Morgan fingerprint density at radius 3 is 3.18 bits per heavy atom. The maximum atomic E-state index is 11.6. The van der Waals surface area contributed by atoms with Crippen molar-refractivity contribution in [3.8, 4) is 0 Å². The van der Waals surface area contributed by atoms with Gasteiger partial charge in [-0.1, -0.05) is 0 Å². The average molecular weight is 253 g/mol. The van der Waals surface area contributed by atoms with Gasteiger partial charge in [0.15, 0.2) is 4.96 Å². The summed E-state index contributed by atoms with van der Waals surface area (Å²) in [6.07, 6.45) is 1.71. The number of amides is 1. The molecule has 2 aromatic heterocycles. The van der Waals surface area contributed by atoms with Crippen LogP contribution in [0.2, 0.25) is 0 Å². The lowest BCUT2D eigenvalue weighted by Gasteiger charge is -2.06. The van der Waals surface area contributed by atoms with Gasteiger partial charge in [0.25, 0.3) is 0 Å². The Balaban J connectivity index is 2.05. The first-order valence-corrected chi connectivity index (χ1v) is 6.31. The predicted molar refractivity (Wildman–Crippen MR) is 66.2 cm³/mol. The number of rotatable bonds is 4. The molecule has 0 aliphatic rings. The molecule has 1 amide bonds. The molecule has 17 heavy (non-hydrogen) atoms. The van der Waals surface area contributed by atoms with Gasteiger partial charge in [-0.25, -0.2) is 4.98 Å². The summed E-state index contributed by atoms with van der Waals surface area (Å²) >= 11 is 1.52. The van der Waals surface area contributed by atoms with Gasteiger partial charge in [0, 0.05) is 23.8 Å². The summed E-state index contributed by atoms with van der Waals surface area (Å²) in [4.78, 5) is 16.8. The summed E-state index contributed by atoms with van der Waals surface area (Å²) in [7, 11) is 0. The zero-order valence-corrected chi connectivity index (χ0v) is 10.6. The minimum Gasteiger partial charge on any atom is -0.392 e. The molecule has 0 bridgehead atoms. The largest absolute Gasteiger partial charge is 0.392 e. The number of carbonyl (C=O) groups is 1. The van der Waals surface area contributed by atoms with Crippen molar-refractivity contribution in [2.75, 3.05) is 6.54 Å². The van der Waals surface area contributed by atoms with Crippen LogP contribution in [0.4, 0.5) is 0 Å². The number of imidazole rings is 1. The van der Waals surface area contributed by atoms with Crippen molar-refractivity contribution in [1.29, 1.82) is 0 Å². The Morgan fingerprint density at radius 2 is 2.47 bits per heavy atom. The monoisotopic (exact) mass is 253 g/mol. The van der Waals surface area contributed by atoms with Gasteiger partial charge in [0.1, 0.15) is 0 Å². The first-order valence-electron chi connectivity index (χ1n) is 5.43. The fourth-order valence-electron chi connectivity index (χ4n) is 1.56. The Morgan fingerprint density at radius 1 is 1.71 bits per heavy atom. The summed E-state index contributed by atoms with van der Waals surface area (Å²) < 4.78 is 1.93. The first-order chi connectivity index (χ1) is 8.06. The lowest BCUT2D eigenvalue weighted by Crippen LogP contribution is -2.31. The van der Waals surface area contributed by atoms with Crippen LogP contribution >= 0.6 is 11.3 Å². The second-order valence-electron chi connectivity index (χ2n) is 4.09. The lowest BCUT2D eigenvalue weighted by atomic mass is 10.3. The average Bonchev–Trinajstić information content (AvgIpc) is 2.76. The fourth-order valence-corrected chi connectivity index (χ4v) is 2.48. The van der Waals surface area contributed by atoms with Crippen LogP contribution < -0.4 is 5.32 Å². The third-order valence-electron chi connectivity index (χ3n) is 2.34. The van der Waals surface area contributed by atoms with Crippen molar-refractivity contribution in [1.82, 2.24) is 14.7 Å². The Hall–Kier alpha value is -1.40. The number of nitrogens with one attached hydrogen (secondary N) is 1. The molecule has 2 N–H and O–H groups in total. The molecule has 0 aliphatic heterocycles. The van der Waals surface area contributed by atoms with E-state index in [0.717, 1.165) is 16.3 Å². The van der Waals surface area contributed by atoms with E-state index in [9.17, 15) is 4.79 Å². The van der Waals surface area contributed by atoms with Crippen LogP contribution in [0.3, 0.4) is 0 Å². The number of thiazole rings is 1. The van der Waals surface area contributed by atoms with Crippen LogP contribution in [-0.2, 0) is 11.2 Å². The first kappa shape index (κ1) is 12.1. The number of aryl methyl sites for hydroxylation is 1. The van der Waals surface area contributed by atoms with Crippen molar-refractivity contribution in [2.24, 2.45) is 0 Å². The maximum absolute atomic E-state index is 11.6. The molecule has 0 radical (unpaired) electrons. The van der Waals surface area contributed by atoms with Crippen molar-refractivity contribution < 1.29 is 9.90 Å². The number of nitrogens with zero attached hydrogens (tertiary/aromatic N) is 2. The van der Waals surface area contributed by atoms with E-state index in [4.69, 9.17) is 5.11 Å². The van der Waals surface area contributed by atoms with Crippen LogP contribution in [-0.4, -0.2) is 33.0 Å². The van der Waals surface area contributed by atoms with E-state index in [-0.39, 0.29) is 12.5 Å². The maximum Gasteiger partial charge on any atom is 0.226 e. The van der Waals surface area contributed by atoms with Gasteiger partial charge in [-0.15, -0.1) is 11.3 Å². The molecule has 0 saturated heterocycles. The highest BCUT2D eigenvalue weighted by Gasteiger charge is 2.10. The summed E-state index contributed by atoms with van der Waals surface area (Å²) in [5.74, 6) is -0.0862. The van der Waals surface area contributed by atoms with E-state index in [1.54, 1.807) is 6.92 Å². The van der Waals surface area contributed by atoms with Gasteiger partial charge in [-0.05, 0) is 13.8 Å². The number of aliphatic hydroxyl groups is 1. The molecule has 0 aliphatic carbocycles. The van der Waals surface area contributed by atoms with Crippen LogP contribution in [0, 0.1) is 6.92 Å². The standard InChI is InChI=1S/C11H15N3O2S/c1-7-5-14-9(6-17-11(14)13-7)3-10(16)12-4-8(2)15/h5-6,8,15H,3-4H2,1-2H3,(H,12,16)/t8-/m0/s1. The number of aromatic nitrogens is 2. The summed E-state index contributed by atoms with van der Waals surface area (Å²) in [6.45, 7) is 3.86. The van der Waals surface area contributed by atoms with Crippen LogP contribution in [0.1, 0.15) is 18.3 Å². The highest BCUT2D eigenvalue weighted by Crippen LogP contribution is 2.16. The molecule has 92 valence electrons. The number of aliphatic hydroxyl groups excluding tert-OH is 1. The van der Waals surface area contributed by atoms with E-state index in [0.29, 0.717) is 6.42 Å². The zero-order chi connectivity index (χ0) is 12.4. The van der Waals surface area contributed by atoms with E-state index in [1.165, 1.54) is 11.3 Å². The van der Waals surface area contributed by atoms with Crippen LogP contribution in [0.25, 0.3) is 4.96 Å². The molecule has 2 heterocycles. The molecular weight excluding hydrogens is 238 g/mol. The molecule has 0 spiro atoms. The molecule has 0 fully saturated rings. The number of hydrogen-bond acceptors (Lipinski definition) is 4. The molecule has 2 rings (SSSR count). The van der Waals surface area contributed by atoms with Gasteiger partial charge in [-0.2, -0.15) is 0 Å². The van der Waals surface area contributed by atoms with Crippen LogP contribution in [0.5, 0.6) is 0 Å². The van der Waals surface area contributed by atoms with Crippen LogP contribution in [0.15, 0.2) is 11.6 Å². The van der Waals surface area contributed by atoms with Gasteiger partial charge >= 0.3 is 0 Å². The van der Waals surface area contributed by atoms with Crippen molar-refractivity contribution in [3.05, 3.63) is 23.0 Å². The lowest BCUT2D eigenvalue weighted by molar-refractivity contribution is -0.120. The molecule has 0 unspecified atom stereocenters. The van der Waals surface area contributed by atoms with Crippen molar-refractivity contribution in [3.63, 3.8) is 0 Å². The SMILES string of the molecule is Cc1cn2c(CC(=O)NC[C@H](C)O)csc2n1. The molecular formula is C11H15N3O2S. The normalized spacial score (nSPS) is 12.9. The molecule has 6 heteroatoms. The van der Waals surface area contributed by atoms with Gasteiger partial charge in [0.2, 0.25) is 5.91 Å². The van der Waals surface area contributed by atoms with E-state index < -0.39 is 6.10 Å². The number of fused-ring (bicyclic) bond motifs is 1. The van der Waals surface area contributed by atoms with Gasteiger partial charge < -0.3 is 10.4 Å². The molecule has 1 atom stereocenters. The second-order valence-corrected chi connectivity index (χ2v) is 4.93. The minimum absolute atomic E-state index is 0.0862. The topological polar surface area (TPSA) is 66.6 Å². The molecule has 2 aromatic rings. The second kappa shape index (κ2) is 4.85. The minimum atomic E-state index is -0.517. The Labute approximate surface area is 103 Å². The third-order valence-corrected chi connectivity index (χ3v) is 3.23. The quantitative estimate of drug-likeness (QED) is 0.844. The van der Waals surface area contributed by atoms with Crippen molar-refractivity contribution >= 4 is 22.2 Å². The van der Waals surface area contributed by atoms with E-state index in [1.807, 2.05) is 22.9 Å². The highest BCUT2D eigenvalue weighted by molar-refractivity contribution is 7.15. The van der Waals surface area contributed by atoms with Gasteiger partial charge in [-0.3, -0.25) is 9.20 Å². The summed E-state index contributed by atoms with van der Waals surface area (Å²) in [5.41, 5.74) is 1.87. The smallest absolute Gasteiger partial charge is 0.226 e.